The van der Waals surface area contributed by atoms with Crippen LogP contribution in [0, 0.1) is 0 Å². The fourth-order valence-electron chi connectivity index (χ4n) is 1.93. The zero-order valence-corrected chi connectivity index (χ0v) is 14.0. The molecule has 0 radical (unpaired) electrons. The molecular formula is C15H17BrN2O2S. The number of nitrogen functional groups attached to an aromatic ring is 1. The van der Waals surface area contributed by atoms with Gasteiger partial charge in [0.2, 0.25) is 0 Å². The minimum absolute atomic E-state index is 0.140. The third-order valence-electron chi connectivity index (χ3n) is 3.02. The SMILES string of the molecule is CCCc1ccc(NS(=O)(=O)c2ccc(Br)c(N)c2)cc1. The molecule has 0 aliphatic rings. The fraction of sp³-hybridized carbons (Fsp3) is 0.200. The first-order chi connectivity index (χ1) is 9.92. The molecule has 0 saturated carbocycles. The van der Waals surface area contributed by atoms with Crippen LogP contribution in [0.4, 0.5) is 11.4 Å². The topological polar surface area (TPSA) is 72.2 Å². The molecule has 2 aromatic carbocycles. The fourth-order valence-corrected chi connectivity index (χ4v) is 3.27. The van der Waals surface area contributed by atoms with Crippen molar-refractivity contribution < 1.29 is 8.42 Å². The first-order valence-corrected chi connectivity index (χ1v) is 8.87. The van der Waals surface area contributed by atoms with E-state index in [9.17, 15) is 8.42 Å². The van der Waals surface area contributed by atoms with Gasteiger partial charge in [0.1, 0.15) is 0 Å². The summed E-state index contributed by atoms with van der Waals surface area (Å²) in [4.78, 5) is 0.140. The normalized spacial score (nSPS) is 11.3. The molecule has 0 aliphatic carbocycles. The Labute approximate surface area is 133 Å². The average molecular weight is 369 g/mol. The first-order valence-electron chi connectivity index (χ1n) is 6.59. The second kappa shape index (κ2) is 6.49. The van der Waals surface area contributed by atoms with Gasteiger partial charge in [-0.15, -0.1) is 0 Å². The van der Waals surface area contributed by atoms with Crippen LogP contribution in [0.2, 0.25) is 0 Å². The van der Waals surface area contributed by atoms with Gasteiger partial charge in [0, 0.05) is 15.8 Å². The first kappa shape index (κ1) is 15.9. The highest BCUT2D eigenvalue weighted by atomic mass is 79.9. The molecule has 112 valence electrons. The Morgan fingerprint density at radius 3 is 2.38 bits per heavy atom. The summed E-state index contributed by atoms with van der Waals surface area (Å²) in [5, 5.41) is 0. The lowest BCUT2D eigenvalue weighted by Crippen LogP contribution is -2.13. The van der Waals surface area contributed by atoms with Crippen molar-refractivity contribution in [2.24, 2.45) is 0 Å². The van der Waals surface area contributed by atoms with E-state index in [1.807, 2.05) is 12.1 Å². The van der Waals surface area contributed by atoms with Gasteiger partial charge in [-0.25, -0.2) is 8.42 Å². The number of hydrogen-bond acceptors (Lipinski definition) is 3. The molecule has 21 heavy (non-hydrogen) atoms. The number of halogens is 1. The van der Waals surface area contributed by atoms with E-state index in [1.165, 1.54) is 17.7 Å². The van der Waals surface area contributed by atoms with E-state index in [4.69, 9.17) is 5.73 Å². The summed E-state index contributed by atoms with van der Waals surface area (Å²) in [6.45, 7) is 2.11. The van der Waals surface area contributed by atoms with E-state index in [0.717, 1.165) is 12.8 Å². The zero-order valence-electron chi connectivity index (χ0n) is 11.6. The highest BCUT2D eigenvalue weighted by Gasteiger charge is 2.15. The van der Waals surface area contributed by atoms with Crippen molar-refractivity contribution in [1.29, 1.82) is 0 Å². The van der Waals surface area contributed by atoms with Gasteiger partial charge in [-0.1, -0.05) is 25.5 Å². The van der Waals surface area contributed by atoms with Gasteiger partial charge in [0.05, 0.1) is 4.90 Å². The lowest BCUT2D eigenvalue weighted by molar-refractivity contribution is 0.601. The zero-order chi connectivity index (χ0) is 15.5. The lowest BCUT2D eigenvalue weighted by atomic mass is 10.1. The number of rotatable bonds is 5. The van der Waals surface area contributed by atoms with E-state index in [-0.39, 0.29) is 4.90 Å². The third-order valence-corrected chi connectivity index (χ3v) is 5.12. The molecule has 0 aliphatic heterocycles. The van der Waals surface area contributed by atoms with Crippen LogP contribution in [0.25, 0.3) is 0 Å². The molecule has 2 aromatic rings. The van der Waals surface area contributed by atoms with Gasteiger partial charge >= 0.3 is 0 Å². The van der Waals surface area contributed by atoms with Gasteiger partial charge in [-0.2, -0.15) is 0 Å². The van der Waals surface area contributed by atoms with Crippen molar-refractivity contribution in [3.8, 4) is 0 Å². The Balaban J connectivity index is 2.22. The maximum absolute atomic E-state index is 12.3. The van der Waals surface area contributed by atoms with Crippen LogP contribution >= 0.6 is 15.9 Å². The van der Waals surface area contributed by atoms with Crippen molar-refractivity contribution >= 4 is 37.3 Å². The maximum atomic E-state index is 12.3. The summed E-state index contributed by atoms with van der Waals surface area (Å²) in [6.07, 6.45) is 2.04. The predicted molar refractivity (Wildman–Crippen MR) is 89.8 cm³/mol. The summed E-state index contributed by atoms with van der Waals surface area (Å²) in [5.74, 6) is 0. The van der Waals surface area contributed by atoms with Gasteiger partial charge in [-0.05, 0) is 58.2 Å². The summed E-state index contributed by atoms with van der Waals surface area (Å²) in [6, 6.07) is 11.9. The van der Waals surface area contributed by atoms with Crippen molar-refractivity contribution in [1.82, 2.24) is 0 Å². The minimum atomic E-state index is -3.63. The molecule has 0 atom stereocenters. The molecule has 0 heterocycles. The monoisotopic (exact) mass is 368 g/mol. The Morgan fingerprint density at radius 1 is 1.14 bits per heavy atom. The minimum Gasteiger partial charge on any atom is -0.398 e. The number of benzene rings is 2. The Morgan fingerprint density at radius 2 is 1.81 bits per heavy atom. The summed E-state index contributed by atoms with van der Waals surface area (Å²) >= 11 is 3.25. The summed E-state index contributed by atoms with van der Waals surface area (Å²) < 4.78 is 27.8. The Kier molecular flexibility index (Phi) is 4.90. The van der Waals surface area contributed by atoms with E-state index in [2.05, 4.69) is 27.6 Å². The molecule has 4 nitrogen and oxygen atoms in total. The van der Waals surface area contributed by atoms with Crippen LogP contribution in [0.15, 0.2) is 51.8 Å². The van der Waals surface area contributed by atoms with E-state index in [1.54, 1.807) is 18.2 Å². The molecule has 2 rings (SSSR count). The highest BCUT2D eigenvalue weighted by Crippen LogP contribution is 2.24. The van der Waals surface area contributed by atoms with Gasteiger partial charge < -0.3 is 5.73 Å². The van der Waals surface area contributed by atoms with Gasteiger partial charge in [-0.3, -0.25) is 4.72 Å². The number of nitrogens with two attached hydrogens (primary N) is 1. The Hall–Kier alpha value is -1.53. The molecule has 0 spiro atoms. The second-order valence-corrected chi connectivity index (χ2v) is 7.27. The van der Waals surface area contributed by atoms with E-state index in [0.29, 0.717) is 15.8 Å². The largest absolute Gasteiger partial charge is 0.398 e. The predicted octanol–water partition coefficient (Wildman–Crippen LogP) is 3.78. The molecule has 0 saturated heterocycles. The number of hydrogen-bond donors (Lipinski definition) is 2. The Bertz CT molecular complexity index is 728. The molecule has 0 amide bonds. The van der Waals surface area contributed by atoms with Crippen LogP contribution in [-0.2, 0) is 16.4 Å². The smallest absolute Gasteiger partial charge is 0.261 e. The third kappa shape index (κ3) is 3.98. The number of sulfonamides is 1. The highest BCUT2D eigenvalue weighted by molar-refractivity contribution is 9.10. The number of anilines is 2. The molecule has 0 fully saturated rings. The molecule has 0 aromatic heterocycles. The molecular weight excluding hydrogens is 352 g/mol. The van der Waals surface area contributed by atoms with Crippen LogP contribution < -0.4 is 10.5 Å². The average Bonchev–Trinajstić information content (AvgIpc) is 2.44. The van der Waals surface area contributed by atoms with Gasteiger partial charge in [0.15, 0.2) is 0 Å². The van der Waals surface area contributed by atoms with Crippen molar-refractivity contribution in [3.05, 3.63) is 52.5 Å². The van der Waals surface area contributed by atoms with Gasteiger partial charge in [0.25, 0.3) is 10.0 Å². The van der Waals surface area contributed by atoms with Crippen molar-refractivity contribution in [2.75, 3.05) is 10.5 Å². The second-order valence-electron chi connectivity index (χ2n) is 4.74. The van der Waals surface area contributed by atoms with Crippen molar-refractivity contribution in [3.63, 3.8) is 0 Å². The number of aryl methyl sites for hydroxylation is 1. The molecule has 0 unspecified atom stereocenters. The summed E-state index contributed by atoms with van der Waals surface area (Å²) in [5.41, 5.74) is 7.84. The van der Waals surface area contributed by atoms with E-state index >= 15 is 0 Å². The molecule has 6 heteroatoms. The van der Waals surface area contributed by atoms with Crippen LogP contribution in [0.3, 0.4) is 0 Å². The standard InChI is InChI=1S/C15H17BrN2O2S/c1-2-3-11-4-6-12(7-5-11)18-21(19,20)13-8-9-14(16)15(17)10-13/h4-10,18H,2-3,17H2,1H3. The van der Waals surface area contributed by atoms with Crippen LogP contribution in [0.5, 0.6) is 0 Å². The lowest BCUT2D eigenvalue weighted by Gasteiger charge is -2.10. The maximum Gasteiger partial charge on any atom is 0.261 e. The van der Waals surface area contributed by atoms with Crippen LogP contribution in [-0.4, -0.2) is 8.42 Å². The summed E-state index contributed by atoms with van der Waals surface area (Å²) in [7, 11) is -3.63. The van der Waals surface area contributed by atoms with Crippen molar-refractivity contribution in [2.45, 2.75) is 24.7 Å². The number of nitrogens with one attached hydrogen (secondary N) is 1. The molecule has 0 bridgehead atoms. The van der Waals surface area contributed by atoms with Crippen LogP contribution in [0.1, 0.15) is 18.9 Å². The van der Waals surface area contributed by atoms with E-state index < -0.39 is 10.0 Å². The molecule has 3 N–H and O–H groups in total. The quantitative estimate of drug-likeness (QED) is 0.788.